The molecule has 2 rings (SSSR count). The summed E-state index contributed by atoms with van der Waals surface area (Å²) in [6.45, 7) is 7.23. The summed E-state index contributed by atoms with van der Waals surface area (Å²) in [4.78, 5) is 17.7. The molecular weight excluding hydrogens is 348 g/mol. The van der Waals surface area contributed by atoms with Gasteiger partial charge in [-0.15, -0.1) is 0 Å². The Hall–Kier alpha value is -1.52. The van der Waals surface area contributed by atoms with Gasteiger partial charge in [-0.1, -0.05) is 19.0 Å². The molecule has 142 valence electrons. The molecule has 1 amide bonds. The maximum Gasteiger partial charge on any atom is 0.248 e. The number of hydrogen-bond acceptors (Lipinski definition) is 7. The van der Waals surface area contributed by atoms with Gasteiger partial charge in [0.15, 0.2) is 5.82 Å². The molecule has 1 aromatic rings. The van der Waals surface area contributed by atoms with E-state index >= 15 is 0 Å². The van der Waals surface area contributed by atoms with Crippen LogP contribution in [0.1, 0.15) is 38.4 Å². The molecule has 0 unspecified atom stereocenters. The van der Waals surface area contributed by atoms with Crippen LogP contribution < -0.4 is 0 Å². The number of carbonyl (C=O) groups is 1. The molecule has 25 heavy (non-hydrogen) atoms. The summed E-state index contributed by atoms with van der Waals surface area (Å²) >= 11 is 0. The number of sulfonamides is 1. The van der Waals surface area contributed by atoms with Crippen LogP contribution in [0.3, 0.4) is 0 Å². The average molecular weight is 374 g/mol. The van der Waals surface area contributed by atoms with Gasteiger partial charge in [-0.3, -0.25) is 4.79 Å². The molecule has 0 saturated carbocycles. The molecule has 0 bridgehead atoms. The third-order valence-corrected chi connectivity index (χ3v) is 5.34. The van der Waals surface area contributed by atoms with Crippen molar-refractivity contribution in [1.82, 2.24) is 19.3 Å². The van der Waals surface area contributed by atoms with Gasteiger partial charge in [0.25, 0.3) is 0 Å². The minimum absolute atomic E-state index is 0.0307. The summed E-state index contributed by atoms with van der Waals surface area (Å²) < 4.78 is 35.8. The number of rotatable bonds is 9. The quantitative estimate of drug-likeness (QED) is 0.610. The zero-order valence-corrected chi connectivity index (χ0v) is 16.0. The van der Waals surface area contributed by atoms with Gasteiger partial charge in [0.1, 0.15) is 6.61 Å². The van der Waals surface area contributed by atoms with Crippen LogP contribution in [-0.4, -0.2) is 78.8 Å². The fourth-order valence-corrected chi connectivity index (χ4v) is 3.65. The SMILES string of the molecule is CCOCC(=O)N1CC(N(CCc2noc(C(C)C)n2)S(C)(=O)=O)C1. The number of aromatic nitrogens is 2. The number of hydrogen-bond donors (Lipinski definition) is 0. The van der Waals surface area contributed by atoms with E-state index in [4.69, 9.17) is 9.26 Å². The van der Waals surface area contributed by atoms with Crippen molar-refractivity contribution in [2.75, 3.05) is 39.1 Å². The highest BCUT2D eigenvalue weighted by Gasteiger charge is 2.38. The second-order valence-corrected chi connectivity index (χ2v) is 8.35. The van der Waals surface area contributed by atoms with E-state index in [1.165, 1.54) is 10.6 Å². The highest BCUT2D eigenvalue weighted by molar-refractivity contribution is 7.88. The monoisotopic (exact) mass is 374 g/mol. The average Bonchev–Trinajstić information content (AvgIpc) is 2.94. The van der Waals surface area contributed by atoms with Crippen LogP contribution in [0, 0.1) is 0 Å². The Morgan fingerprint density at radius 1 is 1.44 bits per heavy atom. The lowest BCUT2D eigenvalue weighted by atomic mass is 10.1. The summed E-state index contributed by atoms with van der Waals surface area (Å²) in [6.07, 6.45) is 1.54. The van der Waals surface area contributed by atoms with Crippen LogP contribution in [0.5, 0.6) is 0 Å². The topological polar surface area (TPSA) is 106 Å². The first-order valence-corrected chi connectivity index (χ1v) is 10.2. The van der Waals surface area contributed by atoms with Gasteiger partial charge < -0.3 is 14.2 Å². The summed E-state index contributed by atoms with van der Waals surface area (Å²) in [5.41, 5.74) is 0. The van der Waals surface area contributed by atoms with Gasteiger partial charge >= 0.3 is 0 Å². The molecule has 0 aromatic carbocycles. The normalized spacial score (nSPS) is 15.8. The van der Waals surface area contributed by atoms with E-state index in [0.29, 0.717) is 37.8 Å². The van der Waals surface area contributed by atoms with Crippen molar-refractivity contribution in [3.05, 3.63) is 11.7 Å². The molecule has 10 heteroatoms. The van der Waals surface area contributed by atoms with Crippen molar-refractivity contribution in [1.29, 1.82) is 0 Å². The van der Waals surface area contributed by atoms with Crippen LogP contribution in [0.25, 0.3) is 0 Å². The molecule has 0 N–H and O–H groups in total. The molecule has 1 aromatic heterocycles. The predicted octanol–water partition coefficient (Wildman–Crippen LogP) is 0.244. The summed E-state index contributed by atoms with van der Waals surface area (Å²) in [5.74, 6) is 1.04. The highest BCUT2D eigenvalue weighted by Crippen LogP contribution is 2.19. The molecule has 0 radical (unpaired) electrons. The molecule has 1 aliphatic rings. The smallest absolute Gasteiger partial charge is 0.248 e. The molecular formula is C15H26N4O5S. The van der Waals surface area contributed by atoms with Crippen molar-refractivity contribution in [3.8, 4) is 0 Å². The van der Waals surface area contributed by atoms with Crippen LogP contribution in [0.4, 0.5) is 0 Å². The minimum Gasteiger partial charge on any atom is -0.372 e. The lowest BCUT2D eigenvalue weighted by Crippen LogP contribution is -2.63. The van der Waals surface area contributed by atoms with Crippen LogP contribution in [-0.2, 0) is 26.0 Å². The van der Waals surface area contributed by atoms with E-state index < -0.39 is 10.0 Å². The number of amides is 1. The van der Waals surface area contributed by atoms with Gasteiger partial charge in [-0.2, -0.15) is 9.29 Å². The van der Waals surface area contributed by atoms with E-state index in [1.807, 2.05) is 20.8 Å². The van der Waals surface area contributed by atoms with E-state index in [-0.39, 0.29) is 31.0 Å². The van der Waals surface area contributed by atoms with Gasteiger partial charge in [-0.25, -0.2) is 8.42 Å². The zero-order valence-electron chi connectivity index (χ0n) is 15.1. The number of nitrogens with zero attached hydrogens (tertiary/aromatic N) is 4. The fraction of sp³-hybridized carbons (Fsp3) is 0.800. The van der Waals surface area contributed by atoms with Gasteiger partial charge in [0, 0.05) is 38.6 Å². The summed E-state index contributed by atoms with van der Waals surface area (Å²) in [7, 11) is -3.39. The van der Waals surface area contributed by atoms with Crippen molar-refractivity contribution >= 4 is 15.9 Å². The third kappa shape index (κ3) is 5.23. The Morgan fingerprint density at radius 2 is 2.12 bits per heavy atom. The Bertz CT molecular complexity index is 682. The summed E-state index contributed by atoms with van der Waals surface area (Å²) in [5, 5.41) is 3.88. The molecule has 1 aliphatic heterocycles. The van der Waals surface area contributed by atoms with E-state index in [2.05, 4.69) is 10.1 Å². The lowest BCUT2D eigenvalue weighted by Gasteiger charge is -2.44. The molecule has 0 atom stereocenters. The largest absolute Gasteiger partial charge is 0.372 e. The number of carbonyl (C=O) groups excluding carboxylic acids is 1. The number of likely N-dealkylation sites (tertiary alicyclic amines) is 1. The molecule has 1 fully saturated rings. The molecule has 0 spiro atoms. The van der Waals surface area contributed by atoms with Crippen molar-refractivity contribution in [3.63, 3.8) is 0 Å². The van der Waals surface area contributed by atoms with Gasteiger partial charge in [-0.05, 0) is 6.92 Å². The maximum absolute atomic E-state index is 12.1. The molecule has 1 saturated heterocycles. The lowest BCUT2D eigenvalue weighted by molar-refractivity contribution is -0.142. The second-order valence-electron chi connectivity index (χ2n) is 6.42. The molecule has 9 nitrogen and oxygen atoms in total. The van der Waals surface area contributed by atoms with Crippen LogP contribution >= 0.6 is 0 Å². The highest BCUT2D eigenvalue weighted by atomic mass is 32.2. The van der Waals surface area contributed by atoms with Gasteiger partial charge in [0.2, 0.25) is 21.8 Å². The Kier molecular flexibility index (Phi) is 6.53. The Morgan fingerprint density at radius 3 is 2.64 bits per heavy atom. The van der Waals surface area contributed by atoms with Crippen molar-refractivity contribution < 1.29 is 22.5 Å². The van der Waals surface area contributed by atoms with E-state index in [0.717, 1.165) is 0 Å². The second kappa shape index (κ2) is 8.24. The standard InChI is InChI=1S/C15H26N4O5S/c1-5-23-10-14(20)18-8-12(9-18)19(25(4,21)22)7-6-13-16-15(11(2)3)24-17-13/h11-12H,5-10H2,1-4H3. The minimum atomic E-state index is -3.39. The van der Waals surface area contributed by atoms with Crippen LogP contribution in [0.15, 0.2) is 4.52 Å². The zero-order chi connectivity index (χ0) is 18.6. The first-order chi connectivity index (χ1) is 11.7. The Balaban J connectivity index is 1.91. The molecule has 2 heterocycles. The molecule has 0 aliphatic carbocycles. The Labute approximate surface area is 148 Å². The first-order valence-electron chi connectivity index (χ1n) is 8.37. The van der Waals surface area contributed by atoms with Gasteiger partial charge in [0.05, 0.1) is 12.3 Å². The summed E-state index contributed by atoms with van der Waals surface area (Å²) in [6, 6.07) is -0.225. The maximum atomic E-state index is 12.1. The predicted molar refractivity (Wildman–Crippen MR) is 90.5 cm³/mol. The first kappa shape index (κ1) is 19.8. The van der Waals surface area contributed by atoms with Crippen molar-refractivity contribution in [2.24, 2.45) is 0 Å². The number of ether oxygens (including phenoxy) is 1. The third-order valence-electron chi connectivity index (χ3n) is 4.01. The van der Waals surface area contributed by atoms with E-state index in [9.17, 15) is 13.2 Å². The van der Waals surface area contributed by atoms with E-state index in [1.54, 1.807) is 4.90 Å². The van der Waals surface area contributed by atoms with Crippen molar-refractivity contribution in [2.45, 2.75) is 39.2 Å². The fourth-order valence-electron chi connectivity index (χ4n) is 2.55. The van der Waals surface area contributed by atoms with Crippen LogP contribution in [0.2, 0.25) is 0 Å².